The van der Waals surface area contributed by atoms with E-state index in [1.54, 1.807) is 0 Å². The van der Waals surface area contributed by atoms with Crippen LogP contribution >= 0.6 is 24.4 Å². The maximum atomic E-state index is 11.3. The van der Waals surface area contributed by atoms with Crippen molar-refractivity contribution in [3.63, 3.8) is 0 Å². The van der Waals surface area contributed by atoms with Gasteiger partial charge in [0.2, 0.25) is 0 Å². The molecule has 1 heterocycles. The van der Waals surface area contributed by atoms with E-state index in [0.29, 0.717) is 0 Å². The normalized spacial score (nSPS) is 23.9. The van der Waals surface area contributed by atoms with E-state index < -0.39 is 0 Å². The molecular weight excluding hydrogens is 214 g/mol. The predicted octanol–water partition coefficient (Wildman–Crippen LogP) is 2.10. The highest BCUT2D eigenvalue weighted by molar-refractivity contribution is 8.14. The van der Waals surface area contributed by atoms with Gasteiger partial charge in [0.15, 0.2) is 0 Å². The minimum Gasteiger partial charge on any atom is -0.331 e. The lowest BCUT2D eigenvalue weighted by atomic mass is 10.2. The zero-order valence-corrected chi connectivity index (χ0v) is 9.02. The van der Waals surface area contributed by atoms with Crippen molar-refractivity contribution in [1.29, 1.82) is 0 Å². The molecule has 1 unspecified atom stereocenters. The fourth-order valence-electron chi connectivity index (χ4n) is 1.19. The van der Waals surface area contributed by atoms with Gasteiger partial charge in [0.05, 0.1) is 4.91 Å². The summed E-state index contributed by atoms with van der Waals surface area (Å²) in [4.78, 5) is 12.1. The molecule has 1 aromatic carbocycles. The number of thioether (sulfide) groups is 1. The molecule has 2 rings (SSSR count). The SMILES string of the molecule is O=C1NC(S)SC1=Cc1ccccc1. The fraction of sp³-hybridized carbons (Fsp3) is 0.100. The summed E-state index contributed by atoms with van der Waals surface area (Å²) in [5.74, 6) is -0.0427. The molecule has 0 aromatic heterocycles. The van der Waals surface area contributed by atoms with Crippen LogP contribution in [0.15, 0.2) is 35.2 Å². The molecule has 1 saturated heterocycles. The molecule has 2 nitrogen and oxygen atoms in total. The molecule has 0 saturated carbocycles. The van der Waals surface area contributed by atoms with Crippen LogP contribution in [0.2, 0.25) is 0 Å². The Hall–Kier alpha value is -0.870. The Morgan fingerprint density at radius 2 is 2.07 bits per heavy atom. The van der Waals surface area contributed by atoms with E-state index >= 15 is 0 Å². The van der Waals surface area contributed by atoms with Crippen molar-refractivity contribution in [2.24, 2.45) is 0 Å². The Bertz CT molecular complexity index is 375. The highest BCUT2D eigenvalue weighted by atomic mass is 32.2. The first kappa shape index (κ1) is 9.68. The van der Waals surface area contributed by atoms with Crippen LogP contribution in [-0.4, -0.2) is 10.6 Å². The number of benzene rings is 1. The molecule has 14 heavy (non-hydrogen) atoms. The third-order valence-corrected chi connectivity index (χ3v) is 3.16. The van der Waals surface area contributed by atoms with Gasteiger partial charge in [0.25, 0.3) is 5.91 Å². The first-order chi connectivity index (χ1) is 6.75. The highest BCUT2D eigenvalue weighted by Crippen LogP contribution is 2.30. The second kappa shape index (κ2) is 4.11. The number of hydrogen-bond acceptors (Lipinski definition) is 3. The Balaban J connectivity index is 2.23. The molecule has 1 aliphatic heterocycles. The molecular formula is C10H9NOS2. The molecule has 1 aromatic rings. The molecule has 0 radical (unpaired) electrons. The zero-order chi connectivity index (χ0) is 9.97. The number of carbonyl (C=O) groups is 1. The topological polar surface area (TPSA) is 29.1 Å². The number of hydrogen-bond donors (Lipinski definition) is 2. The molecule has 0 bridgehead atoms. The molecule has 1 aliphatic rings. The van der Waals surface area contributed by atoms with E-state index in [1.165, 1.54) is 11.8 Å². The fourth-order valence-corrected chi connectivity index (χ4v) is 2.42. The Kier molecular flexibility index (Phi) is 2.84. The summed E-state index contributed by atoms with van der Waals surface area (Å²) in [6.45, 7) is 0. The lowest BCUT2D eigenvalue weighted by Gasteiger charge is -1.94. The number of thiol groups is 1. The summed E-state index contributed by atoms with van der Waals surface area (Å²) < 4.78 is -0.113. The number of nitrogens with one attached hydrogen (secondary N) is 1. The second-order valence-corrected chi connectivity index (χ2v) is 4.88. The van der Waals surface area contributed by atoms with Gasteiger partial charge in [-0.15, -0.1) is 12.6 Å². The maximum Gasteiger partial charge on any atom is 0.259 e. The van der Waals surface area contributed by atoms with E-state index in [0.717, 1.165) is 10.5 Å². The van der Waals surface area contributed by atoms with Crippen LogP contribution in [0.25, 0.3) is 6.08 Å². The molecule has 4 heteroatoms. The maximum absolute atomic E-state index is 11.3. The number of rotatable bonds is 1. The Morgan fingerprint density at radius 1 is 1.36 bits per heavy atom. The van der Waals surface area contributed by atoms with Crippen LogP contribution in [0.3, 0.4) is 0 Å². The molecule has 0 spiro atoms. The molecule has 0 aliphatic carbocycles. The summed E-state index contributed by atoms with van der Waals surface area (Å²) in [7, 11) is 0. The van der Waals surface area contributed by atoms with Crippen LogP contribution in [0.5, 0.6) is 0 Å². The lowest BCUT2D eigenvalue weighted by molar-refractivity contribution is -0.116. The van der Waals surface area contributed by atoms with Crippen molar-refractivity contribution >= 4 is 36.4 Å². The summed E-state index contributed by atoms with van der Waals surface area (Å²) >= 11 is 5.60. The smallest absolute Gasteiger partial charge is 0.259 e. The number of carbonyl (C=O) groups excluding carboxylic acids is 1. The Labute approximate surface area is 92.2 Å². The van der Waals surface area contributed by atoms with E-state index in [4.69, 9.17) is 0 Å². The Morgan fingerprint density at radius 3 is 2.64 bits per heavy atom. The average Bonchev–Trinajstić information content (AvgIpc) is 2.47. The van der Waals surface area contributed by atoms with Gasteiger partial charge in [-0.05, 0) is 11.6 Å². The molecule has 1 amide bonds. The van der Waals surface area contributed by atoms with Crippen LogP contribution in [0.1, 0.15) is 5.56 Å². The first-order valence-corrected chi connectivity index (χ1v) is 5.57. The summed E-state index contributed by atoms with van der Waals surface area (Å²) in [5.41, 5.74) is 1.03. The standard InChI is InChI=1S/C10H9NOS2/c12-9-8(14-10(13)11-9)6-7-4-2-1-3-5-7/h1-6,10,13H,(H,11,12). The van der Waals surface area contributed by atoms with Crippen LogP contribution in [0.4, 0.5) is 0 Å². The van der Waals surface area contributed by atoms with E-state index in [2.05, 4.69) is 17.9 Å². The predicted molar refractivity (Wildman–Crippen MR) is 62.9 cm³/mol. The van der Waals surface area contributed by atoms with Crippen molar-refractivity contribution < 1.29 is 4.79 Å². The van der Waals surface area contributed by atoms with Gasteiger partial charge in [-0.1, -0.05) is 42.1 Å². The van der Waals surface area contributed by atoms with Gasteiger partial charge >= 0.3 is 0 Å². The highest BCUT2D eigenvalue weighted by Gasteiger charge is 2.23. The van der Waals surface area contributed by atoms with Crippen molar-refractivity contribution in [2.75, 3.05) is 0 Å². The van der Waals surface area contributed by atoms with E-state index in [1.807, 2.05) is 36.4 Å². The van der Waals surface area contributed by atoms with E-state index in [-0.39, 0.29) is 10.6 Å². The third kappa shape index (κ3) is 2.13. The monoisotopic (exact) mass is 223 g/mol. The summed E-state index contributed by atoms with van der Waals surface area (Å²) in [5, 5.41) is 2.71. The van der Waals surface area contributed by atoms with Crippen LogP contribution < -0.4 is 5.32 Å². The van der Waals surface area contributed by atoms with Crippen LogP contribution in [0, 0.1) is 0 Å². The molecule has 1 N–H and O–H groups in total. The van der Waals surface area contributed by atoms with Gasteiger partial charge in [-0.3, -0.25) is 4.79 Å². The van der Waals surface area contributed by atoms with Crippen molar-refractivity contribution in [3.8, 4) is 0 Å². The lowest BCUT2D eigenvalue weighted by Crippen LogP contribution is -2.19. The zero-order valence-electron chi connectivity index (χ0n) is 7.31. The molecule has 1 atom stereocenters. The van der Waals surface area contributed by atoms with Gasteiger partial charge in [0.1, 0.15) is 4.71 Å². The van der Waals surface area contributed by atoms with Crippen LogP contribution in [-0.2, 0) is 4.79 Å². The van der Waals surface area contributed by atoms with E-state index in [9.17, 15) is 4.79 Å². The summed E-state index contributed by atoms with van der Waals surface area (Å²) in [6, 6.07) is 9.77. The van der Waals surface area contributed by atoms with Gasteiger partial charge in [0, 0.05) is 0 Å². The minimum absolute atomic E-state index is 0.0427. The first-order valence-electron chi connectivity index (χ1n) is 4.18. The number of amides is 1. The third-order valence-electron chi connectivity index (χ3n) is 1.81. The van der Waals surface area contributed by atoms with Gasteiger partial charge < -0.3 is 5.32 Å². The second-order valence-electron chi connectivity index (χ2n) is 2.86. The summed E-state index contributed by atoms with van der Waals surface area (Å²) in [6.07, 6.45) is 1.87. The van der Waals surface area contributed by atoms with Gasteiger partial charge in [-0.25, -0.2) is 0 Å². The molecule has 72 valence electrons. The minimum atomic E-state index is -0.113. The van der Waals surface area contributed by atoms with Crippen molar-refractivity contribution in [2.45, 2.75) is 4.71 Å². The van der Waals surface area contributed by atoms with Gasteiger partial charge in [-0.2, -0.15) is 0 Å². The quantitative estimate of drug-likeness (QED) is 0.564. The average molecular weight is 223 g/mol. The van der Waals surface area contributed by atoms with Crippen molar-refractivity contribution in [1.82, 2.24) is 5.32 Å². The van der Waals surface area contributed by atoms with Crippen molar-refractivity contribution in [3.05, 3.63) is 40.8 Å². The molecule has 1 fully saturated rings. The largest absolute Gasteiger partial charge is 0.331 e.